The molecule has 1 saturated heterocycles. The summed E-state index contributed by atoms with van der Waals surface area (Å²) in [7, 11) is -7.65. The van der Waals surface area contributed by atoms with Crippen LogP contribution in [-0.4, -0.2) is 40.8 Å². The first kappa shape index (κ1) is 23.6. The molecule has 31 heavy (non-hydrogen) atoms. The van der Waals surface area contributed by atoms with Crippen LogP contribution in [0, 0.1) is 0 Å². The fourth-order valence-electron chi connectivity index (χ4n) is 3.54. The Morgan fingerprint density at radius 2 is 1.65 bits per heavy atom. The number of ether oxygens (including phenoxy) is 1. The minimum Gasteiger partial charge on any atom is -0.492 e. The van der Waals surface area contributed by atoms with E-state index in [-0.39, 0.29) is 21.2 Å². The van der Waals surface area contributed by atoms with Gasteiger partial charge in [0.25, 0.3) is 10.0 Å². The molecule has 0 saturated carbocycles. The van der Waals surface area contributed by atoms with Crippen LogP contribution in [0.5, 0.6) is 5.75 Å². The molecule has 1 aliphatic rings. The lowest BCUT2D eigenvalue weighted by molar-refractivity contribution is 0.330. The maximum absolute atomic E-state index is 13.1. The number of nitrogens with one attached hydrogen (secondary N) is 1. The molecule has 170 valence electrons. The highest BCUT2D eigenvalue weighted by Crippen LogP contribution is 2.32. The number of anilines is 1. The maximum atomic E-state index is 13.1. The van der Waals surface area contributed by atoms with Crippen molar-refractivity contribution in [1.82, 2.24) is 4.31 Å². The monoisotopic (exact) mass is 466 g/mol. The Morgan fingerprint density at radius 1 is 1.00 bits per heavy atom. The lowest BCUT2D eigenvalue weighted by Crippen LogP contribution is -2.28. The van der Waals surface area contributed by atoms with Gasteiger partial charge < -0.3 is 4.74 Å². The van der Waals surface area contributed by atoms with Gasteiger partial charge in [-0.2, -0.15) is 4.31 Å². The van der Waals surface area contributed by atoms with Crippen molar-refractivity contribution in [3.05, 3.63) is 48.0 Å². The van der Waals surface area contributed by atoms with Gasteiger partial charge >= 0.3 is 0 Å². The topological polar surface area (TPSA) is 92.8 Å². The molecular weight excluding hydrogens is 436 g/mol. The number of hydrogen-bond acceptors (Lipinski definition) is 5. The number of nitrogens with zero attached hydrogens (tertiary/aromatic N) is 1. The van der Waals surface area contributed by atoms with Crippen LogP contribution >= 0.6 is 0 Å². The number of hydrogen-bond donors (Lipinski definition) is 1. The molecule has 1 aliphatic heterocycles. The van der Waals surface area contributed by atoms with Crippen molar-refractivity contribution in [2.45, 2.75) is 55.7 Å². The Morgan fingerprint density at radius 3 is 2.23 bits per heavy atom. The normalized spacial score (nSPS) is 16.2. The Labute approximate surface area is 185 Å². The number of rotatable bonds is 9. The lowest BCUT2D eigenvalue weighted by Gasteiger charge is -2.19. The third-order valence-electron chi connectivity index (χ3n) is 5.55. The van der Waals surface area contributed by atoms with Gasteiger partial charge in [-0.1, -0.05) is 26.0 Å². The van der Waals surface area contributed by atoms with Crippen molar-refractivity contribution in [3.63, 3.8) is 0 Å². The van der Waals surface area contributed by atoms with Crippen LogP contribution in [0.4, 0.5) is 5.69 Å². The van der Waals surface area contributed by atoms with Gasteiger partial charge in [0.15, 0.2) is 0 Å². The summed E-state index contributed by atoms with van der Waals surface area (Å²) in [5.74, 6) is 0.560. The van der Waals surface area contributed by atoms with E-state index in [9.17, 15) is 16.8 Å². The molecule has 0 aliphatic carbocycles. The quantitative estimate of drug-likeness (QED) is 0.598. The molecule has 1 fully saturated rings. The summed E-state index contributed by atoms with van der Waals surface area (Å²) in [6.07, 6.45) is 2.58. The average Bonchev–Trinajstić information content (AvgIpc) is 3.30. The second kappa shape index (κ2) is 9.58. The van der Waals surface area contributed by atoms with Gasteiger partial charge in [0.2, 0.25) is 10.0 Å². The summed E-state index contributed by atoms with van der Waals surface area (Å²) in [6.45, 7) is 7.14. The van der Waals surface area contributed by atoms with Gasteiger partial charge in [-0.25, -0.2) is 16.8 Å². The molecule has 1 heterocycles. The summed E-state index contributed by atoms with van der Waals surface area (Å²) in [6, 6.07) is 11.1. The maximum Gasteiger partial charge on any atom is 0.261 e. The second-order valence-electron chi connectivity index (χ2n) is 7.69. The van der Waals surface area contributed by atoms with Crippen molar-refractivity contribution < 1.29 is 21.6 Å². The van der Waals surface area contributed by atoms with E-state index < -0.39 is 20.0 Å². The van der Waals surface area contributed by atoms with Crippen molar-refractivity contribution in [2.75, 3.05) is 24.4 Å². The molecule has 9 heteroatoms. The van der Waals surface area contributed by atoms with Gasteiger partial charge in [0, 0.05) is 13.1 Å². The van der Waals surface area contributed by atoms with Crippen LogP contribution in [0.15, 0.2) is 52.3 Å². The molecule has 0 spiro atoms. The SMILES string of the molecule is CCOc1ccc(NS(=O)(=O)c2ccc(C(C)CC)cc2)cc1S(=O)(=O)N1CCCC1. The van der Waals surface area contributed by atoms with E-state index in [1.165, 1.54) is 22.5 Å². The van der Waals surface area contributed by atoms with Crippen LogP contribution in [0.1, 0.15) is 51.5 Å². The fourth-order valence-corrected chi connectivity index (χ4v) is 6.26. The summed E-state index contributed by atoms with van der Waals surface area (Å²) in [5.41, 5.74) is 1.24. The van der Waals surface area contributed by atoms with E-state index in [4.69, 9.17) is 4.74 Å². The van der Waals surface area contributed by atoms with Crippen molar-refractivity contribution in [3.8, 4) is 5.75 Å². The van der Waals surface area contributed by atoms with Gasteiger partial charge in [0.1, 0.15) is 10.6 Å². The summed E-state index contributed by atoms with van der Waals surface area (Å²) in [5, 5.41) is 0. The molecule has 2 aromatic rings. The molecular formula is C22H30N2O5S2. The minimum absolute atomic E-state index is 0.0245. The number of benzene rings is 2. The Bertz CT molecular complexity index is 1110. The molecule has 0 amide bonds. The third kappa shape index (κ3) is 5.22. The van der Waals surface area contributed by atoms with Crippen molar-refractivity contribution >= 4 is 25.7 Å². The molecule has 1 N–H and O–H groups in total. The predicted octanol–water partition coefficient (Wildman–Crippen LogP) is 4.18. The first-order valence-corrected chi connectivity index (χ1v) is 13.5. The average molecular weight is 467 g/mol. The molecule has 0 bridgehead atoms. The number of sulfonamides is 2. The molecule has 0 radical (unpaired) electrons. The Hall–Kier alpha value is -2.10. The fraction of sp³-hybridized carbons (Fsp3) is 0.455. The highest BCUT2D eigenvalue weighted by Gasteiger charge is 2.30. The van der Waals surface area contributed by atoms with E-state index in [0.717, 1.165) is 24.8 Å². The van der Waals surface area contributed by atoms with E-state index in [0.29, 0.717) is 25.6 Å². The van der Waals surface area contributed by atoms with Gasteiger partial charge in [-0.3, -0.25) is 4.72 Å². The van der Waals surface area contributed by atoms with E-state index in [1.807, 2.05) is 12.1 Å². The van der Waals surface area contributed by atoms with E-state index in [1.54, 1.807) is 19.1 Å². The first-order valence-electron chi connectivity index (χ1n) is 10.6. The van der Waals surface area contributed by atoms with Crippen LogP contribution in [0.2, 0.25) is 0 Å². The Kier molecular flexibility index (Phi) is 7.28. The zero-order valence-corrected chi connectivity index (χ0v) is 19.8. The predicted molar refractivity (Wildman–Crippen MR) is 122 cm³/mol. The largest absolute Gasteiger partial charge is 0.492 e. The van der Waals surface area contributed by atoms with Gasteiger partial charge in [0.05, 0.1) is 17.2 Å². The molecule has 1 unspecified atom stereocenters. The highest BCUT2D eigenvalue weighted by molar-refractivity contribution is 7.92. The Balaban J connectivity index is 1.92. The standard InChI is InChI=1S/C22H30N2O5S2/c1-4-17(3)18-8-11-20(12-9-18)30(25,26)23-19-10-13-21(29-5-2)22(16-19)31(27,28)24-14-6-7-15-24/h8-13,16-17,23H,4-7,14-15H2,1-3H3. The molecule has 2 aromatic carbocycles. The second-order valence-corrected chi connectivity index (χ2v) is 11.3. The zero-order chi connectivity index (χ0) is 22.6. The first-order chi connectivity index (χ1) is 14.7. The summed E-state index contributed by atoms with van der Waals surface area (Å²) < 4.78 is 61.4. The van der Waals surface area contributed by atoms with Crippen LogP contribution < -0.4 is 9.46 Å². The van der Waals surface area contributed by atoms with Crippen molar-refractivity contribution in [2.24, 2.45) is 0 Å². The molecule has 3 rings (SSSR count). The van der Waals surface area contributed by atoms with E-state index in [2.05, 4.69) is 18.6 Å². The highest BCUT2D eigenvalue weighted by atomic mass is 32.2. The van der Waals surface area contributed by atoms with Gasteiger partial charge in [-0.15, -0.1) is 0 Å². The lowest BCUT2D eigenvalue weighted by atomic mass is 9.99. The summed E-state index contributed by atoms with van der Waals surface area (Å²) >= 11 is 0. The molecule has 1 atom stereocenters. The van der Waals surface area contributed by atoms with Crippen LogP contribution in [-0.2, 0) is 20.0 Å². The van der Waals surface area contributed by atoms with Crippen molar-refractivity contribution in [1.29, 1.82) is 0 Å². The minimum atomic E-state index is -3.87. The molecule has 0 aromatic heterocycles. The van der Waals surface area contributed by atoms with Gasteiger partial charge in [-0.05, 0) is 68.0 Å². The van der Waals surface area contributed by atoms with Crippen LogP contribution in [0.25, 0.3) is 0 Å². The molecule has 7 nitrogen and oxygen atoms in total. The summed E-state index contributed by atoms with van der Waals surface area (Å²) in [4.78, 5) is 0.0981. The van der Waals surface area contributed by atoms with Crippen LogP contribution in [0.3, 0.4) is 0 Å². The smallest absolute Gasteiger partial charge is 0.261 e. The third-order valence-corrected chi connectivity index (χ3v) is 8.87. The zero-order valence-electron chi connectivity index (χ0n) is 18.2. The van der Waals surface area contributed by atoms with E-state index >= 15 is 0 Å².